The maximum Gasteiger partial charge on any atom is 0.196 e. The zero-order chi connectivity index (χ0) is 14.0. The number of nitrogens with two attached hydrogens (primary N) is 1. The summed E-state index contributed by atoms with van der Waals surface area (Å²) in [5.74, 6) is -0.616. The van der Waals surface area contributed by atoms with Crippen LogP contribution in [-0.2, 0) is 0 Å². The Balaban J connectivity index is 2.52. The number of ketones is 1. The summed E-state index contributed by atoms with van der Waals surface area (Å²) < 4.78 is 18.3. The summed E-state index contributed by atoms with van der Waals surface area (Å²) in [6.07, 6.45) is 0. The summed E-state index contributed by atoms with van der Waals surface area (Å²) in [4.78, 5) is 12.3. The van der Waals surface area contributed by atoms with Gasteiger partial charge in [0.2, 0.25) is 0 Å². The average molecular weight is 280 g/mol. The Bertz CT molecular complexity index is 623. The molecule has 5 heteroatoms. The summed E-state index contributed by atoms with van der Waals surface area (Å²) in [6.45, 7) is 0. The van der Waals surface area contributed by atoms with E-state index >= 15 is 0 Å². The summed E-state index contributed by atoms with van der Waals surface area (Å²) in [5.41, 5.74) is 6.42. The number of ether oxygens (including phenoxy) is 1. The Morgan fingerprint density at radius 1 is 1.26 bits per heavy atom. The quantitative estimate of drug-likeness (QED) is 0.693. The second kappa shape index (κ2) is 5.28. The molecular formula is C14H11ClFNO2. The van der Waals surface area contributed by atoms with E-state index in [4.69, 9.17) is 22.1 Å². The molecule has 0 unspecified atom stereocenters. The van der Waals surface area contributed by atoms with Gasteiger partial charge in [-0.3, -0.25) is 4.79 Å². The SMILES string of the molecule is COc1ccc(F)cc1C(=O)c1cc(N)cc(Cl)c1. The van der Waals surface area contributed by atoms with Gasteiger partial charge < -0.3 is 10.5 Å². The van der Waals surface area contributed by atoms with Gasteiger partial charge in [0.05, 0.1) is 12.7 Å². The molecule has 2 aromatic carbocycles. The van der Waals surface area contributed by atoms with Crippen LogP contribution in [0.15, 0.2) is 36.4 Å². The van der Waals surface area contributed by atoms with Crippen LogP contribution in [0.4, 0.5) is 10.1 Å². The highest BCUT2D eigenvalue weighted by molar-refractivity contribution is 6.31. The van der Waals surface area contributed by atoms with Crippen molar-refractivity contribution in [1.82, 2.24) is 0 Å². The Kier molecular flexibility index (Phi) is 3.71. The zero-order valence-electron chi connectivity index (χ0n) is 10.1. The molecule has 0 aliphatic carbocycles. The van der Waals surface area contributed by atoms with E-state index in [0.717, 1.165) is 6.07 Å². The molecule has 0 aliphatic heterocycles. The molecular weight excluding hydrogens is 269 g/mol. The van der Waals surface area contributed by atoms with Crippen molar-refractivity contribution < 1.29 is 13.9 Å². The van der Waals surface area contributed by atoms with Gasteiger partial charge in [-0.15, -0.1) is 0 Å². The minimum absolute atomic E-state index is 0.129. The normalized spacial score (nSPS) is 10.3. The molecule has 0 saturated heterocycles. The van der Waals surface area contributed by atoms with E-state index in [1.54, 1.807) is 0 Å². The zero-order valence-corrected chi connectivity index (χ0v) is 10.9. The van der Waals surface area contributed by atoms with Gasteiger partial charge in [-0.25, -0.2) is 4.39 Å². The fourth-order valence-electron chi connectivity index (χ4n) is 1.76. The molecule has 0 aliphatic rings. The van der Waals surface area contributed by atoms with Crippen molar-refractivity contribution in [3.05, 3.63) is 58.4 Å². The first-order valence-electron chi connectivity index (χ1n) is 5.45. The van der Waals surface area contributed by atoms with Crippen LogP contribution in [0.5, 0.6) is 5.75 Å². The molecule has 0 amide bonds. The maximum absolute atomic E-state index is 13.3. The van der Waals surface area contributed by atoms with Crippen molar-refractivity contribution in [2.24, 2.45) is 0 Å². The third-order valence-electron chi connectivity index (χ3n) is 2.59. The molecule has 0 radical (unpaired) electrons. The number of nitrogen functional groups attached to an aromatic ring is 1. The number of hydrogen-bond acceptors (Lipinski definition) is 3. The Morgan fingerprint density at radius 2 is 2.00 bits per heavy atom. The minimum Gasteiger partial charge on any atom is -0.496 e. The van der Waals surface area contributed by atoms with Crippen molar-refractivity contribution in [3.8, 4) is 5.75 Å². The number of benzene rings is 2. The van der Waals surface area contributed by atoms with Crippen LogP contribution in [0.3, 0.4) is 0 Å². The van der Waals surface area contributed by atoms with Crippen LogP contribution < -0.4 is 10.5 Å². The lowest BCUT2D eigenvalue weighted by Crippen LogP contribution is -2.05. The fraction of sp³-hybridized carbons (Fsp3) is 0.0714. The van der Waals surface area contributed by atoms with Crippen LogP contribution in [0.1, 0.15) is 15.9 Å². The highest BCUT2D eigenvalue weighted by Gasteiger charge is 2.16. The minimum atomic E-state index is -0.515. The highest BCUT2D eigenvalue weighted by atomic mass is 35.5. The molecule has 0 fully saturated rings. The first kappa shape index (κ1) is 13.4. The molecule has 0 spiro atoms. The number of carbonyl (C=O) groups excluding carboxylic acids is 1. The van der Waals surface area contributed by atoms with Crippen LogP contribution in [0.25, 0.3) is 0 Å². The summed E-state index contributed by atoms with van der Waals surface area (Å²) in [5, 5.41) is 0.346. The van der Waals surface area contributed by atoms with E-state index in [-0.39, 0.29) is 11.1 Å². The van der Waals surface area contributed by atoms with E-state index in [1.165, 1.54) is 37.4 Å². The van der Waals surface area contributed by atoms with Crippen molar-refractivity contribution in [1.29, 1.82) is 0 Å². The number of anilines is 1. The van der Waals surface area contributed by atoms with E-state index in [9.17, 15) is 9.18 Å². The lowest BCUT2D eigenvalue weighted by atomic mass is 10.0. The van der Waals surface area contributed by atoms with Gasteiger partial charge in [-0.2, -0.15) is 0 Å². The monoisotopic (exact) mass is 279 g/mol. The predicted octanol–water partition coefficient (Wildman–Crippen LogP) is 3.30. The molecule has 0 heterocycles. The Labute approximate surface area is 114 Å². The van der Waals surface area contributed by atoms with Gasteiger partial charge in [0.15, 0.2) is 5.78 Å². The maximum atomic E-state index is 13.3. The van der Waals surface area contributed by atoms with Gasteiger partial charge >= 0.3 is 0 Å². The van der Waals surface area contributed by atoms with Crippen molar-refractivity contribution in [2.45, 2.75) is 0 Å². The summed E-state index contributed by atoms with van der Waals surface area (Å²) in [6, 6.07) is 8.24. The molecule has 2 N–H and O–H groups in total. The third kappa shape index (κ3) is 2.85. The lowest BCUT2D eigenvalue weighted by Gasteiger charge is -2.08. The Hall–Kier alpha value is -2.07. The number of hydrogen-bond donors (Lipinski definition) is 1. The summed E-state index contributed by atoms with van der Waals surface area (Å²) >= 11 is 5.85. The van der Waals surface area contributed by atoms with Gasteiger partial charge in [0.25, 0.3) is 0 Å². The van der Waals surface area contributed by atoms with E-state index in [2.05, 4.69) is 0 Å². The van der Waals surface area contributed by atoms with E-state index in [1.807, 2.05) is 0 Å². The van der Waals surface area contributed by atoms with Crippen LogP contribution in [0.2, 0.25) is 5.02 Å². The molecule has 2 rings (SSSR count). The molecule has 2 aromatic rings. The van der Waals surface area contributed by atoms with E-state index in [0.29, 0.717) is 16.5 Å². The van der Waals surface area contributed by atoms with Crippen molar-refractivity contribution in [2.75, 3.05) is 12.8 Å². The molecule has 0 atom stereocenters. The third-order valence-corrected chi connectivity index (χ3v) is 2.81. The molecule has 0 saturated carbocycles. The second-order valence-electron chi connectivity index (χ2n) is 3.95. The van der Waals surface area contributed by atoms with Crippen molar-refractivity contribution >= 4 is 23.1 Å². The molecule has 0 bridgehead atoms. The molecule has 98 valence electrons. The van der Waals surface area contributed by atoms with E-state index < -0.39 is 11.6 Å². The molecule has 19 heavy (non-hydrogen) atoms. The van der Waals surface area contributed by atoms with Crippen molar-refractivity contribution in [3.63, 3.8) is 0 Å². The lowest BCUT2D eigenvalue weighted by molar-refractivity contribution is 0.103. The van der Waals surface area contributed by atoms with Crippen LogP contribution in [0, 0.1) is 5.82 Å². The Morgan fingerprint density at radius 3 is 2.63 bits per heavy atom. The fourth-order valence-corrected chi connectivity index (χ4v) is 2.00. The number of rotatable bonds is 3. The van der Waals surface area contributed by atoms with Gasteiger partial charge in [-0.1, -0.05) is 11.6 Å². The van der Waals surface area contributed by atoms with Gasteiger partial charge in [0.1, 0.15) is 11.6 Å². The van der Waals surface area contributed by atoms with Gasteiger partial charge in [0, 0.05) is 16.3 Å². The summed E-state index contributed by atoms with van der Waals surface area (Å²) in [7, 11) is 1.41. The van der Waals surface area contributed by atoms with Gasteiger partial charge in [-0.05, 0) is 36.4 Å². The first-order chi connectivity index (χ1) is 9.01. The average Bonchev–Trinajstić information content (AvgIpc) is 2.36. The number of methoxy groups -OCH3 is 1. The van der Waals surface area contributed by atoms with Crippen LogP contribution >= 0.6 is 11.6 Å². The topological polar surface area (TPSA) is 52.3 Å². The highest BCUT2D eigenvalue weighted by Crippen LogP contribution is 2.25. The second-order valence-corrected chi connectivity index (χ2v) is 4.38. The predicted molar refractivity (Wildman–Crippen MR) is 72.2 cm³/mol. The first-order valence-corrected chi connectivity index (χ1v) is 5.83. The van der Waals surface area contributed by atoms with Crippen LogP contribution in [-0.4, -0.2) is 12.9 Å². The smallest absolute Gasteiger partial charge is 0.196 e. The molecule has 0 aromatic heterocycles. The molecule has 3 nitrogen and oxygen atoms in total. The number of halogens is 2. The standard InChI is InChI=1S/C14H11ClFNO2/c1-19-13-3-2-10(16)7-12(13)14(18)8-4-9(15)6-11(17)5-8/h2-7H,17H2,1H3. The largest absolute Gasteiger partial charge is 0.496 e. The number of carbonyl (C=O) groups is 1.